The molecule has 2 heterocycles. The van der Waals surface area contributed by atoms with Gasteiger partial charge in [0.15, 0.2) is 0 Å². The van der Waals surface area contributed by atoms with Crippen LogP contribution < -0.4 is 0 Å². The molecule has 2 aliphatic carbocycles. The lowest BCUT2D eigenvalue weighted by Crippen LogP contribution is -2.37. The third-order valence-corrected chi connectivity index (χ3v) is 6.86. The number of hydrogen-bond donors (Lipinski definition) is 0. The number of hydrogen-bond acceptors (Lipinski definition) is 2. The molecule has 2 fully saturated rings. The summed E-state index contributed by atoms with van der Waals surface area (Å²) in [7, 11) is 0. The standard InChI is InChI=1S/C18H25NOS/c1-17(2)8-13-9-18(3,10-17)11-19(13)16(20)15-7-12-5-4-6-14(12)21-15/h7,13H,4-6,8-11H2,1-3H3. The molecule has 114 valence electrons. The Hall–Kier alpha value is -0.830. The van der Waals surface area contributed by atoms with Crippen molar-refractivity contribution in [2.75, 3.05) is 6.54 Å². The summed E-state index contributed by atoms with van der Waals surface area (Å²) in [5.41, 5.74) is 2.16. The molecule has 1 saturated carbocycles. The molecule has 0 N–H and O–H groups in total. The van der Waals surface area contributed by atoms with Crippen LogP contribution in [0.25, 0.3) is 0 Å². The van der Waals surface area contributed by atoms with E-state index in [1.807, 2.05) is 0 Å². The van der Waals surface area contributed by atoms with E-state index in [9.17, 15) is 4.79 Å². The van der Waals surface area contributed by atoms with Gasteiger partial charge in [-0.1, -0.05) is 20.8 Å². The molecule has 1 amide bonds. The fourth-order valence-electron chi connectivity index (χ4n) is 5.27. The summed E-state index contributed by atoms with van der Waals surface area (Å²) in [6, 6.07) is 2.65. The molecule has 3 heteroatoms. The molecule has 2 bridgehead atoms. The second-order valence-electron chi connectivity index (χ2n) is 8.56. The minimum atomic E-state index is 0.306. The number of fused-ring (bicyclic) bond motifs is 3. The Morgan fingerprint density at radius 2 is 2.10 bits per heavy atom. The zero-order chi connectivity index (χ0) is 14.8. The monoisotopic (exact) mass is 303 g/mol. The molecule has 21 heavy (non-hydrogen) atoms. The molecule has 3 aliphatic rings. The van der Waals surface area contributed by atoms with Crippen molar-refractivity contribution in [3.63, 3.8) is 0 Å². The van der Waals surface area contributed by atoms with Crippen LogP contribution in [-0.4, -0.2) is 23.4 Å². The van der Waals surface area contributed by atoms with Gasteiger partial charge in [-0.15, -0.1) is 11.3 Å². The van der Waals surface area contributed by atoms with E-state index >= 15 is 0 Å². The molecule has 2 atom stereocenters. The summed E-state index contributed by atoms with van der Waals surface area (Å²) < 4.78 is 0. The second kappa shape index (κ2) is 4.34. The second-order valence-corrected chi connectivity index (χ2v) is 9.70. The van der Waals surface area contributed by atoms with Crippen LogP contribution in [0.1, 0.15) is 66.6 Å². The van der Waals surface area contributed by atoms with Gasteiger partial charge in [-0.3, -0.25) is 4.79 Å². The normalized spacial score (nSPS) is 33.3. The first-order valence-electron chi connectivity index (χ1n) is 8.28. The maximum atomic E-state index is 13.0. The molecule has 2 nitrogen and oxygen atoms in total. The lowest BCUT2D eigenvalue weighted by molar-refractivity contribution is 0.0713. The van der Waals surface area contributed by atoms with Crippen molar-refractivity contribution in [1.82, 2.24) is 4.90 Å². The third kappa shape index (κ3) is 2.25. The average molecular weight is 303 g/mol. The van der Waals surface area contributed by atoms with Crippen molar-refractivity contribution >= 4 is 17.2 Å². The third-order valence-electron chi connectivity index (χ3n) is 5.63. The summed E-state index contributed by atoms with van der Waals surface area (Å²) in [5, 5.41) is 0. The molecule has 0 radical (unpaired) electrons. The van der Waals surface area contributed by atoms with Crippen LogP contribution in [0.5, 0.6) is 0 Å². The smallest absolute Gasteiger partial charge is 0.264 e. The van der Waals surface area contributed by atoms with E-state index < -0.39 is 0 Å². The van der Waals surface area contributed by atoms with Gasteiger partial charge in [0.2, 0.25) is 0 Å². The number of carbonyl (C=O) groups is 1. The number of aryl methyl sites for hydroxylation is 2. The number of carbonyl (C=O) groups excluding carboxylic acids is 1. The van der Waals surface area contributed by atoms with E-state index in [1.165, 1.54) is 49.0 Å². The first-order chi connectivity index (χ1) is 9.85. The summed E-state index contributed by atoms with van der Waals surface area (Å²) in [6.07, 6.45) is 7.25. The minimum absolute atomic E-state index is 0.306. The molecule has 4 rings (SSSR count). The van der Waals surface area contributed by atoms with Crippen molar-refractivity contribution < 1.29 is 4.79 Å². The Morgan fingerprint density at radius 1 is 1.29 bits per heavy atom. The molecule has 1 aromatic heterocycles. The minimum Gasteiger partial charge on any atom is -0.334 e. The lowest BCUT2D eigenvalue weighted by atomic mass is 9.65. The van der Waals surface area contributed by atoms with E-state index in [1.54, 1.807) is 11.3 Å². The van der Waals surface area contributed by atoms with Gasteiger partial charge in [0, 0.05) is 17.5 Å². The highest BCUT2D eigenvalue weighted by atomic mass is 32.1. The molecule has 1 saturated heterocycles. The Kier molecular flexibility index (Phi) is 2.86. The number of nitrogens with zero attached hydrogens (tertiary/aromatic N) is 1. The topological polar surface area (TPSA) is 20.3 Å². The molecular formula is C18H25NOS. The Balaban J connectivity index is 1.60. The van der Waals surface area contributed by atoms with Crippen LogP contribution in [0.15, 0.2) is 6.07 Å². The van der Waals surface area contributed by atoms with E-state index in [0.717, 1.165) is 11.4 Å². The number of amides is 1. The van der Waals surface area contributed by atoms with Gasteiger partial charge in [0.05, 0.1) is 4.88 Å². The summed E-state index contributed by atoms with van der Waals surface area (Å²) in [4.78, 5) is 17.6. The van der Waals surface area contributed by atoms with Gasteiger partial charge in [-0.05, 0) is 61.0 Å². The van der Waals surface area contributed by atoms with Crippen LogP contribution in [0, 0.1) is 10.8 Å². The van der Waals surface area contributed by atoms with Crippen LogP contribution in [0.4, 0.5) is 0 Å². The van der Waals surface area contributed by atoms with Gasteiger partial charge in [0.1, 0.15) is 0 Å². The molecule has 1 aromatic rings. The van der Waals surface area contributed by atoms with Crippen LogP contribution in [0.3, 0.4) is 0 Å². The van der Waals surface area contributed by atoms with E-state index in [4.69, 9.17) is 0 Å². The first kappa shape index (κ1) is 13.8. The summed E-state index contributed by atoms with van der Waals surface area (Å²) >= 11 is 1.76. The molecule has 0 spiro atoms. The van der Waals surface area contributed by atoms with Crippen molar-refractivity contribution in [2.45, 2.75) is 65.3 Å². The van der Waals surface area contributed by atoms with Crippen molar-refractivity contribution in [2.24, 2.45) is 10.8 Å². The largest absolute Gasteiger partial charge is 0.334 e. The van der Waals surface area contributed by atoms with Crippen molar-refractivity contribution in [3.05, 3.63) is 21.4 Å². The zero-order valence-corrected chi connectivity index (χ0v) is 14.2. The number of rotatable bonds is 1. The highest BCUT2D eigenvalue weighted by Crippen LogP contribution is 2.52. The van der Waals surface area contributed by atoms with Gasteiger partial charge in [-0.25, -0.2) is 0 Å². The van der Waals surface area contributed by atoms with E-state index in [2.05, 4.69) is 31.7 Å². The van der Waals surface area contributed by atoms with Gasteiger partial charge in [0.25, 0.3) is 5.91 Å². The average Bonchev–Trinajstić information content (AvgIpc) is 2.97. The molecular weight excluding hydrogens is 278 g/mol. The Bertz CT molecular complexity index is 581. The number of likely N-dealkylation sites (tertiary alicyclic amines) is 1. The number of thiophene rings is 1. The lowest BCUT2D eigenvalue weighted by Gasteiger charge is -2.39. The fraction of sp³-hybridized carbons (Fsp3) is 0.722. The first-order valence-corrected chi connectivity index (χ1v) is 9.10. The summed E-state index contributed by atoms with van der Waals surface area (Å²) in [5.74, 6) is 0.306. The van der Waals surface area contributed by atoms with Crippen LogP contribution in [-0.2, 0) is 12.8 Å². The van der Waals surface area contributed by atoms with Gasteiger partial charge in [-0.2, -0.15) is 0 Å². The zero-order valence-electron chi connectivity index (χ0n) is 13.4. The summed E-state index contributed by atoms with van der Waals surface area (Å²) in [6.45, 7) is 8.07. The fourth-order valence-corrected chi connectivity index (χ4v) is 6.48. The van der Waals surface area contributed by atoms with Crippen LogP contribution >= 0.6 is 11.3 Å². The molecule has 1 aliphatic heterocycles. The predicted molar refractivity (Wildman–Crippen MR) is 86.9 cm³/mol. The maximum Gasteiger partial charge on any atom is 0.264 e. The molecule has 0 aromatic carbocycles. The quantitative estimate of drug-likeness (QED) is 0.758. The Labute approximate surface area is 131 Å². The van der Waals surface area contributed by atoms with Crippen LogP contribution in [0.2, 0.25) is 0 Å². The SMILES string of the molecule is CC1(C)CC2CC(C)(CN2C(=O)c2cc3c(s2)CCC3)C1. The van der Waals surface area contributed by atoms with E-state index in [-0.39, 0.29) is 0 Å². The highest BCUT2D eigenvalue weighted by Gasteiger charge is 2.51. The van der Waals surface area contributed by atoms with Crippen molar-refractivity contribution in [3.8, 4) is 0 Å². The van der Waals surface area contributed by atoms with Crippen molar-refractivity contribution in [1.29, 1.82) is 0 Å². The van der Waals surface area contributed by atoms with E-state index in [0.29, 0.717) is 22.8 Å². The van der Waals surface area contributed by atoms with Gasteiger partial charge >= 0.3 is 0 Å². The Morgan fingerprint density at radius 3 is 2.86 bits per heavy atom. The maximum absolute atomic E-state index is 13.0. The van der Waals surface area contributed by atoms with Gasteiger partial charge < -0.3 is 4.90 Å². The molecule has 2 unspecified atom stereocenters. The highest BCUT2D eigenvalue weighted by molar-refractivity contribution is 7.14. The predicted octanol–water partition coefficient (Wildman–Crippen LogP) is 4.28.